The molecule has 202 valence electrons. The third-order valence-electron chi connectivity index (χ3n) is 6.49. The first-order valence-corrected chi connectivity index (χ1v) is 13.3. The van der Waals surface area contributed by atoms with Gasteiger partial charge >= 0.3 is 0 Å². The quantitative estimate of drug-likeness (QED) is 0.220. The van der Waals surface area contributed by atoms with Crippen LogP contribution in [0.25, 0.3) is 22.5 Å². The van der Waals surface area contributed by atoms with E-state index in [2.05, 4.69) is 45.0 Å². The minimum absolute atomic E-state index is 0.0819. The SMILES string of the molecule is CCCCC(=O)N(CCCNC(=O)Cc1ccc(O)cc1)Cc1ccc(-c2ccccc2-c2nnn[nH]2)cc1. The predicted octanol–water partition coefficient (Wildman–Crippen LogP) is 4.51. The van der Waals surface area contributed by atoms with E-state index in [1.165, 1.54) is 0 Å². The zero-order valence-electron chi connectivity index (χ0n) is 22.1. The molecule has 4 aromatic rings. The predicted molar refractivity (Wildman–Crippen MR) is 149 cm³/mol. The molecule has 0 saturated heterocycles. The van der Waals surface area contributed by atoms with E-state index < -0.39 is 0 Å². The number of nitrogens with zero attached hydrogens (tertiary/aromatic N) is 4. The van der Waals surface area contributed by atoms with E-state index in [1.807, 2.05) is 41.3 Å². The summed E-state index contributed by atoms with van der Waals surface area (Å²) in [5.74, 6) is 0.828. The number of carbonyl (C=O) groups excluding carboxylic acids is 2. The Hall–Kier alpha value is -4.53. The van der Waals surface area contributed by atoms with Crippen molar-refractivity contribution >= 4 is 11.8 Å². The Labute approximate surface area is 228 Å². The van der Waals surface area contributed by atoms with Gasteiger partial charge in [-0.05, 0) is 57.7 Å². The summed E-state index contributed by atoms with van der Waals surface area (Å²) in [6.45, 7) is 3.64. The number of tetrazole rings is 1. The summed E-state index contributed by atoms with van der Waals surface area (Å²) in [6.07, 6.45) is 3.24. The van der Waals surface area contributed by atoms with Crippen LogP contribution in [-0.2, 0) is 22.6 Å². The van der Waals surface area contributed by atoms with Gasteiger partial charge in [-0.2, -0.15) is 0 Å². The molecule has 3 N–H and O–H groups in total. The highest BCUT2D eigenvalue weighted by atomic mass is 16.3. The van der Waals surface area contributed by atoms with Crippen molar-refractivity contribution in [1.82, 2.24) is 30.8 Å². The van der Waals surface area contributed by atoms with Gasteiger partial charge in [0.1, 0.15) is 5.75 Å². The molecule has 2 amide bonds. The average Bonchev–Trinajstić information content (AvgIpc) is 3.50. The largest absolute Gasteiger partial charge is 0.508 e. The number of aromatic hydroxyl groups is 1. The standard InChI is InChI=1S/C30H34N6O3/c1-2-3-9-29(39)36(19-6-18-31-28(38)20-22-12-16-25(37)17-13-22)21-23-10-14-24(15-11-23)26-7-4-5-8-27(26)30-32-34-35-33-30/h4-5,7-8,10-17,37H,2-3,6,9,18-21H2,1H3,(H,31,38)(H,32,33,34,35). The Morgan fingerprint density at radius 3 is 2.33 bits per heavy atom. The maximum atomic E-state index is 13.0. The molecule has 4 rings (SSSR count). The molecule has 1 heterocycles. The van der Waals surface area contributed by atoms with E-state index in [1.54, 1.807) is 24.3 Å². The Kier molecular flexibility index (Phi) is 9.77. The molecule has 0 aliphatic carbocycles. The van der Waals surface area contributed by atoms with Crippen molar-refractivity contribution in [2.24, 2.45) is 0 Å². The number of amides is 2. The van der Waals surface area contributed by atoms with E-state index in [0.717, 1.165) is 40.7 Å². The average molecular weight is 527 g/mol. The molecule has 0 aliphatic heterocycles. The van der Waals surface area contributed by atoms with Crippen LogP contribution in [0.15, 0.2) is 72.8 Å². The van der Waals surface area contributed by atoms with Gasteiger partial charge in [-0.15, -0.1) is 5.10 Å². The highest BCUT2D eigenvalue weighted by Gasteiger charge is 2.15. The molecule has 0 radical (unpaired) electrons. The third-order valence-corrected chi connectivity index (χ3v) is 6.49. The molecule has 0 aliphatic rings. The Morgan fingerprint density at radius 1 is 0.923 bits per heavy atom. The van der Waals surface area contributed by atoms with Crippen molar-refractivity contribution in [3.05, 3.63) is 83.9 Å². The molecular formula is C30H34N6O3. The molecule has 39 heavy (non-hydrogen) atoms. The van der Waals surface area contributed by atoms with Gasteiger partial charge < -0.3 is 15.3 Å². The summed E-state index contributed by atoms with van der Waals surface area (Å²) in [6, 6.07) is 22.7. The van der Waals surface area contributed by atoms with E-state index in [-0.39, 0.29) is 24.0 Å². The van der Waals surface area contributed by atoms with Gasteiger partial charge in [0.2, 0.25) is 11.8 Å². The van der Waals surface area contributed by atoms with E-state index in [4.69, 9.17) is 0 Å². The number of phenols is 1. The second-order valence-electron chi connectivity index (χ2n) is 9.46. The zero-order chi connectivity index (χ0) is 27.5. The monoisotopic (exact) mass is 526 g/mol. The Bertz CT molecular complexity index is 1340. The van der Waals surface area contributed by atoms with Crippen LogP contribution in [0.3, 0.4) is 0 Å². The Balaban J connectivity index is 1.35. The molecule has 9 heteroatoms. The fourth-order valence-corrected chi connectivity index (χ4v) is 4.36. The van der Waals surface area contributed by atoms with Crippen LogP contribution in [0.1, 0.15) is 43.7 Å². The number of aromatic amines is 1. The van der Waals surface area contributed by atoms with Crippen LogP contribution < -0.4 is 5.32 Å². The second-order valence-corrected chi connectivity index (χ2v) is 9.46. The molecular weight excluding hydrogens is 492 g/mol. The van der Waals surface area contributed by atoms with Crippen LogP contribution in [0, 0.1) is 0 Å². The first-order valence-electron chi connectivity index (χ1n) is 13.3. The van der Waals surface area contributed by atoms with Crippen molar-refractivity contribution in [1.29, 1.82) is 0 Å². The molecule has 1 aromatic heterocycles. The van der Waals surface area contributed by atoms with Crippen molar-refractivity contribution in [2.75, 3.05) is 13.1 Å². The van der Waals surface area contributed by atoms with E-state index >= 15 is 0 Å². The van der Waals surface area contributed by atoms with Crippen LogP contribution >= 0.6 is 0 Å². The number of rotatable bonds is 13. The van der Waals surface area contributed by atoms with Gasteiger partial charge in [0.15, 0.2) is 5.82 Å². The number of nitrogens with one attached hydrogen (secondary N) is 2. The van der Waals surface area contributed by atoms with Crippen molar-refractivity contribution in [3.63, 3.8) is 0 Å². The molecule has 0 fully saturated rings. The Morgan fingerprint density at radius 2 is 1.64 bits per heavy atom. The first kappa shape index (κ1) is 27.5. The third kappa shape index (κ3) is 7.98. The summed E-state index contributed by atoms with van der Waals surface area (Å²) in [7, 11) is 0. The lowest BCUT2D eigenvalue weighted by Crippen LogP contribution is -2.34. The second kappa shape index (κ2) is 13.9. The molecule has 0 bridgehead atoms. The lowest BCUT2D eigenvalue weighted by molar-refractivity contribution is -0.132. The first-order chi connectivity index (χ1) is 19.0. The molecule has 0 saturated carbocycles. The molecule has 0 unspecified atom stereocenters. The number of hydrogen-bond donors (Lipinski definition) is 3. The van der Waals surface area contributed by atoms with Gasteiger partial charge in [0.25, 0.3) is 0 Å². The molecule has 9 nitrogen and oxygen atoms in total. The number of benzene rings is 3. The topological polar surface area (TPSA) is 124 Å². The lowest BCUT2D eigenvalue weighted by atomic mass is 9.98. The highest BCUT2D eigenvalue weighted by Crippen LogP contribution is 2.30. The van der Waals surface area contributed by atoms with Crippen LogP contribution in [-0.4, -0.2) is 55.5 Å². The molecule has 3 aromatic carbocycles. The van der Waals surface area contributed by atoms with Crippen molar-refractivity contribution in [2.45, 2.75) is 45.6 Å². The minimum atomic E-state index is -0.0819. The number of unbranched alkanes of at least 4 members (excludes halogenated alkanes) is 1. The summed E-state index contributed by atoms with van der Waals surface area (Å²) in [5.41, 5.74) is 4.84. The van der Waals surface area contributed by atoms with Crippen molar-refractivity contribution in [3.8, 4) is 28.3 Å². The smallest absolute Gasteiger partial charge is 0.224 e. The fraction of sp³-hybridized carbons (Fsp3) is 0.300. The molecule has 0 spiro atoms. The highest BCUT2D eigenvalue weighted by molar-refractivity contribution is 5.80. The van der Waals surface area contributed by atoms with Gasteiger partial charge in [-0.3, -0.25) is 9.59 Å². The normalized spacial score (nSPS) is 10.8. The van der Waals surface area contributed by atoms with Gasteiger partial charge in [-0.25, -0.2) is 5.10 Å². The minimum Gasteiger partial charge on any atom is -0.508 e. The fourth-order valence-electron chi connectivity index (χ4n) is 4.36. The number of H-pyrrole nitrogens is 1. The van der Waals surface area contributed by atoms with E-state index in [9.17, 15) is 14.7 Å². The summed E-state index contributed by atoms with van der Waals surface area (Å²) in [4.78, 5) is 27.1. The van der Waals surface area contributed by atoms with Crippen molar-refractivity contribution < 1.29 is 14.7 Å². The molecule has 0 atom stereocenters. The summed E-state index contributed by atoms with van der Waals surface area (Å²) < 4.78 is 0. The maximum Gasteiger partial charge on any atom is 0.224 e. The lowest BCUT2D eigenvalue weighted by Gasteiger charge is -2.23. The van der Waals surface area contributed by atoms with Crippen LogP contribution in [0.2, 0.25) is 0 Å². The van der Waals surface area contributed by atoms with Crippen LogP contribution in [0.5, 0.6) is 5.75 Å². The summed E-state index contributed by atoms with van der Waals surface area (Å²) >= 11 is 0. The number of hydrogen-bond acceptors (Lipinski definition) is 6. The number of aromatic nitrogens is 4. The van der Waals surface area contributed by atoms with Gasteiger partial charge in [-0.1, -0.05) is 74.0 Å². The van der Waals surface area contributed by atoms with Gasteiger partial charge in [0, 0.05) is 31.6 Å². The zero-order valence-corrected chi connectivity index (χ0v) is 22.1. The van der Waals surface area contributed by atoms with Crippen LogP contribution in [0.4, 0.5) is 0 Å². The van der Waals surface area contributed by atoms with Gasteiger partial charge in [0.05, 0.1) is 6.42 Å². The maximum absolute atomic E-state index is 13.0. The number of carbonyl (C=O) groups is 2. The number of phenolic OH excluding ortho intramolecular Hbond substituents is 1. The summed E-state index contributed by atoms with van der Waals surface area (Å²) in [5, 5.41) is 26.6. The van der Waals surface area contributed by atoms with E-state index in [0.29, 0.717) is 38.3 Å².